The second kappa shape index (κ2) is 5.13. The molecule has 102 valence electrons. The summed E-state index contributed by atoms with van der Waals surface area (Å²) in [5.41, 5.74) is -0.473. The summed E-state index contributed by atoms with van der Waals surface area (Å²) in [6.07, 6.45) is 0.458. The molecular formula is C13H13BrClNO3. The lowest BCUT2D eigenvalue weighted by atomic mass is 9.90. The smallest absolute Gasteiger partial charge is 0.311 e. The normalized spacial score (nSPS) is 22.6. The molecule has 0 aliphatic carbocycles. The van der Waals surface area contributed by atoms with E-state index in [4.69, 9.17) is 16.7 Å². The first-order valence-electron chi connectivity index (χ1n) is 5.81. The topological polar surface area (TPSA) is 57.6 Å². The van der Waals surface area contributed by atoms with E-state index < -0.39 is 11.4 Å². The van der Waals surface area contributed by atoms with Crippen LogP contribution in [0, 0.1) is 5.41 Å². The highest BCUT2D eigenvalue weighted by atomic mass is 79.9. The zero-order chi connectivity index (χ0) is 14.2. The van der Waals surface area contributed by atoms with E-state index in [9.17, 15) is 9.59 Å². The number of carboxylic acids is 1. The molecule has 1 heterocycles. The number of likely N-dealkylation sites (tertiary alicyclic amines) is 1. The molecule has 6 heteroatoms. The van der Waals surface area contributed by atoms with Gasteiger partial charge in [0.15, 0.2) is 0 Å². The average molecular weight is 347 g/mol. The van der Waals surface area contributed by atoms with Crippen molar-refractivity contribution in [2.45, 2.75) is 13.3 Å². The number of amides is 1. The van der Waals surface area contributed by atoms with Crippen LogP contribution in [0.3, 0.4) is 0 Å². The molecule has 1 saturated heterocycles. The van der Waals surface area contributed by atoms with Gasteiger partial charge in [0.1, 0.15) is 0 Å². The Kier molecular flexibility index (Phi) is 3.87. The minimum Gasteiger partial charge on any atom is -0.481 e. The molecule has 0 saturated carbocycles. The van der Waals surface area contributed by atoms with Crippen LogP contribution in [0.25, 0.3) is 0 Å². The zero-order valence-electron chi connectivity index (χ0n) is 10.3. The molecule has 0 radical (unpaired) electrons. The number of carboxylic acid groups (broad SMARTS) is 1. The highest BCUT2D eigenvalue weighted by molar-refractivity contribution is 9.10. The third-order valence-corrected chi connectivity index (χ3v) is 4.26. The number of carbonyl (C=O) groups is 2. The van der Waals surface area contributed by atoms with Crippen LogP contribution >= 0.6 is 27.5 Å². The number of aliphatic carboxylic acids is 1. The fourth-order valence-electron chi connectivity index (χ4n) is 2.14. The van der Waals surface area contributed by atoms with Gasteiger partial charge < -0.3 is 10.0 Å². The first kappa shape index (κ1) is 14.3. The van der Waals surface area contributed by atoms with E-state index in [-0.39, 0.29) is 12.5 Å². The van der Waals surface area contributed by atoms with Crippen LogP contribution in [0.5, 0.6) is 0 Å². The standard InChI is InChI=1S/C13H13BrClNO3/c1-13(12(18)19)4-5-16(7-13)11(17)9-6-8(14)2-3-10(9)15/h2-3,6H,4-5,7H2,1H3,(H,18,19). The Labute approximate surface area is 124 Å². The Morgan fingerprint density at radius 1 is 1.47 bits per heavy atom. The summed E-state index contributed by atoms with van der Waals surface area (Å²) in [6.45, 7) is 2.31. The quantitative estimate of drug-likeness (QED) is 0.895. The minimum absolute atomic E-state index is 0.212. The van der Waals surface area contributed by atoms with Crippen molar-refractivity contribution < 1.29 is 14.7 Å². The van der Waals surface area contributed by atoms with Gasteiger partial charge in [0.2, 0.25) is 0 Å². The number of rotatable bonds is 2. The van der Waals surface area contributed by atoms with Crippen molar-refractivity contribution in [1.82, 2.24) is 4.90 Å². The molecule has 1 aliphatic heterocycles. The lowest BCUT2D eigenvalue weighted by Crippen LogP contribution is -2.35. The number of halogens is 2. The van der Waals surface area contributed by atoms with Gasteiger partial charge in [-0.2, -0.15) is 0 Å². The van der Waals surface area contributed by atoms with Crippen molar-refractivity contribution in [3.05, 3.63) is 33.3 Å². The van der Waals surface area contributed by atoms with Crippen molar-refractivity contribution in [2.24, 2.45) is 5.41 Å². The molecule has 1 aliphatic rings. The third kappa shape index (κ3) is 2.77. The summed E-state index contributed by atoms with van der Waals surface area (Å²) < 4.78 is 0.764. The summed E-state index contributed by atoms with van der Waals surface area (Å²) in [4.78, 5) is 25.1. The van der Waals surface area contributed by atoms with Crippen molar-refractivity contribution in [3.8, 4) is 0 Å². The Morgan fingerprint density at radius 3 is 2.74 bits per heavy atom. The van der Waals surface area contributed by atoms with Gasteiger partial charge in [-0.1, -0.05) is 27.5 Å². The maximum Gasteiger partial charge on any atom is 0.311 e. The Hall–Kier alpha value is -1.07. The molecule has 1 fully saturated rings. The second-order valence-electron chi connectivity index (χ2n) is 4.97. The number of hydrogen-bond donors (Lipinski definition) is 1. The molecule has 1 atom stereocenters. The van der Waals surface area contributed by atoms with Gasteiger partial charge in [-0.3, -0.25) is 9.59 Å². The van der Waals surface area contributed by atoms with Crippen LogP contribution in [-0.4, -0.2) is 35.0 Å². The van der Waals surface area contributed by atoms with E-state index >= 15 is 0 Å². The molecule has 1 aromatic rings. The summed E-state index contributed by atoms with van der Waals surface area (Å²) in [6, 6.07) is 5.05. The maximum absolute atomic E-state index is 12.4. The van der Waals surface area contributed by atoms with Crippen LogP contribution in [0.1, 0.15) is 23.7 Å². The molecule has 1 N–H and O–H groups in total. The summed E-state index contributed by atoms with van der Waals surface area (Å²) >= 11 is 9.31. The Morgan fingerprint density at radius 2 is 2.16 bits per heavy atom. The molecule has 0 bridgehead atoms. The summed E-state index contributed by atoms with van der Waals surface area (Å²) in [7, 11) is 0. The van der Waals surface area contributed by atoms with Crippen molar-refractivity contribution >= 4 is 39.4 Å². The van der Waals surface area contributed by atoms with Crippen LogP contribution in [0.2, 0.25) is 5.02 Å². The molecule has 1 aromatic carbocycles. The molecule has 1 unspecified atom stereocenters. The van der Waals surface area contributed by atoms with Crippen molar-refractivity contribution in [2.75, 3.05) is 13.1 Å². The van der Waals surface area contributed by atoms with Crippen LogP contribution in [-0.2, 0) is 4.79 Å². The fraction of sp³-hybridized carbons (Fsp3) is 0.385. The molecule has 0 spiro atoms. The van der Waals surface area contributed by atoms with E-state index in [1.165, 1.54) is 0 Å². The minimum atomic E-state index is -0.872. The predicted octanol–water partition coefficient (Wildman–Crippen LogP) is 3.04. The van der Waals surface area contributed by atoms with Crippen molar-refractivity contribution in [3.63, 3.8) is 0 Å². The van der Waals surface area contributed by atoms with Gasteiger partial charge in [0.25, 0.3) is 5.91 Å². The number of hydrogen-bond acceptors (Lipinski definition) is 2. The van der Waals surface area contributed by atoms with Gasteiger partial charge in [-0.25, -0.2) is 0 Å². The van der Waals surface area contributed by atoms with Crippen LogP contribution in [0.15, 0.2) is 22.7 Å². The molecule has 19 heavy (non-hydrogen) atoms. The van der Waals surface area contributed by atoms with E-state index in [2.05, 4.69) is 15.9 Å². The molecule has 1 amide bonds. The van der Waals surface area contributed by atoms with E-state index in [1.54, 1.807) is 30.0 Å². The molecule has 4 nitrogen and oxygen atoms in total. The van der Waals surface area contributed by atoms with Gasteiger partial charge in [0.05, 0.1) is 16.0 Å². The largest absolute Gasteiger partial charge is 0.481 e. The molecular weight excluding hydrogens is 334 g/mol. The summed E-state index contributed by atoms with van der Waals surface area (Å²) in [5, 5.41) is 9.54. The average Bonchev–Trinajstić information content (AvgIpc) is 2.76. The van der Waals surface area contributed by atoms with E-state index in [1.807, 2.05) is 0 Å². The maximum atomic E-state index is 12.4. The zero-order valence-corrected chi connectivity index (χ0v) is 12.7. The Balaban J connectivity index is 2.22. The lowest BCUT2D eigenvalue weighted by Gasteiger charge is -2.20. The Bertz CT molecular complexity index is 549. The monoisotopic (exact) mass is 345 g/mol. The highest BCUT2D eigenvalue weighted by Gasteiger charge is 2.42. The number of nitrogens with zero attached hydrogens (tertiary/aromatic N) is 1. The molecule has 0 aromatic heterocycles. The van der Waals surface area contributed by atoms with E-state index in [0.717, 1.165) is 4.47 Å². The fourth-order valence-corrected chi connectivity index (χ4v) is 2.70. The lowest BCUT2D eigenvalue weighted by molar-refractivity contribution is -0.147. The molecule has 2 rings (SSSR count). The first-order valence-corrected chi connectivity index (χ1v) is 6.98. The van der Waals surface area contributed by atoms with Crippen LogP contribution < -0.4 is 0 Å². The highest BCUT2D eigenvalue weighted by Crippen LogP contribution is 2.32. The second-order valence-corrected chi connectivity index (χ2v) is 6.29. The van der Waals surface area contributed by atoms with Crippen molar-refractivity contribution in [1.29, 1.82) is 0 Å². The van der Waals surface area contributed by atoms with Gasteiger partial charge >= 0.3 is 5.97 Å². The van der Waals surface area contributed by atoms with E-state index in [0.29, 0.717) is 23.6 Å². The first-order chi connectivity index (χ1) is 8.83. The summed E-state index contributed by atoms with van der Waals surface area (Å²) in [5.74, 6) is -1.10. The van der Waals surface area contributed by atoms with Gasteiger partial charge in [-0.05, 0) is 31.5 Å². The SMILES string of the molecule is CC1(C(=O)O)CCN(C(=O)c2cc(Br)ccc2Cl)C1. The number of benzene rings is 1. The predicted molar refractivity (Wildman–Crippen MR) is 75.4 cm³/mol. The number of carbonyl (C=O) groups excluding carboxylic acids is 1. The van der Waals surface area contributed by atoms with Crippen LogP contribution in [0.4, 0.5) is 0 Å². The van der Waals surface area contributed by atoms with Gasteiger partial charge in [0, 0.05) is 17.6 Å². The third-order valence-electron chi connectivity index (χ3n) is 3.44. The van der Waals surface area contributed by atoms with Gasteiger partial charge in [-0.15, -0.1) is 0 Å².